The van der Waals surface area contributed by atoms with E-state index in [-0.39, 0.29) is 5.19 Å². The van der Waals surface area contributed by atoms with Gasteiger partial charge in [0.05, 0.1) is 0 Å². The molecule has 0 heterocycles. The van der Waals surface area contributed by atoms with Gasteiger partial charge < -0.3 is 4.11 Å². The van der Waals surface area contributed by atoms with Crippen LogP contribution in [0.5, 0.6) is 0 Å². The lowest BCUT2D eigenvalue weighted by atomic mass is 10.3. The molecule has 0 aliphatic rings. The summed E-state index contributed by atoms with van der Waals surface area (Å²) in [5.74, 6) is -1.57. The van der Waals surface area contributed by atoms with Gasteiger partial charge in [-0.3, -0.25) is 0 Å². The molecule has 0 atom stereocenters. The van der Waals surface area contributed by atoms with Crippen LogP contribution in [0.25, 0.3) is 0 Å². The zero-order valence-electron chi connectivity index (χ0n) is 6.87. The van der Waals surface area contributed by atoms with Crippen molar-refractivity contribution < 1.29 is 12.9 Å². The first-order valence-corrected chi connectivity index (χ1v) is 6.44. The lowest BCUT2D eigenvalue weighted by Gasteiger charge is -2.12. The molecular weight excluding hydrogens is 181 g/mol. The molecule has 1 rings (SSSR count). The van der Waals surface area contributed by atoms with Gasteiger partial charge in [-0.2, -0.15) is 0 Å². The van der Waals surface area contributed by atoms with Crippen LogP contribution in [0.1, 0.15) is 0 Å². The van der Waals surface area contributed by atoms with Crippen LogP contribution in [0.15, 0.2) is 18.2 Å². The molecule has 0 radical (unpaired) electrons. The Morgan fingerprint density at radius 1 is 1.08 bits per heavy atom. The molecule has 1 aromatic carbocycles. The molecule has 0 saturated carbocycles. The van der Waals surface area contributed by atoms with Gasteiger partial charge in [0.2, 0.25) is 0 Å². The van der Waals surface area contributed by atoms with E-state index in [0.717, 1.165) is 12.1 Å². The lowest BCUT2D eigenvalue weighted by Crippen LogP contribution is -2.41. The second kappa shape index (κ2) is 2.93. The van der Waals surface area contributed by atoms with E-state index in [1.807, 2.05) is 0 Å². The first-order valence-electron chi connectivity index (χ1n) is 3.56. The maximum absolute atomic E-state index is 13.3. The summed E-state index contributed by atoms with van der Waals surface area (Å²) in [7, 11) is -3.37. The van der Waals surface area contributed by atoms with E-state index in [2.05, 4.69) is 0 Å². The van der Waals surface area contributed by atoms with Crippen molar-refractivity contribution >= 4 is 13.6 Å². The second-order valence-corrected chi connectivity index (χ2v) is 6.51. The van der Waals surface area contributed by atoms with Gasteiger partial charge in [0.15, 0.2) is 0 Å². The fourth-order valence-corrected chi connectivity index (χ4v) is 2.37. The van der Waals surface area contributed by atoms with E-state index in [4.69, 9.17) is 0 Å². The minimum Gasteiger partial charge on any atom is -0.308 e. The van der Waals surface area contributed by atoms with Crippen LogP contribution in [0.3, 0.4) is 0 Å². The average molecular weight is 190 g/mol. The molecule has 0 saturated heterocycles. The SMILES string of the molecule is C[Si](C)(F)c1c(F)cccc1F. The summed E-state index contributed by atoms with van der Waals surface area (Å²) >= 11 is 0. The van der Waals surface area contributed by atoms with E-state index >= 15 is 0 Å². The predicted molar refractivity (Wildman–Crippen MR) is 44.6 cm³/mol. The van der Waals surface area contributed by atoms with E-state index in [9.17, 15) is 12.9 Å². The Labute approximate surface area is 70.2 Å². The van der Waals surface area contributed by atoms with Gasteiger partial charge in [0, 0.05) is 5.19 Å². The van der Waals surface area contributed by atoms with Crippen molar-refractivity contribution in [1.82, 2.24) is 0 Å². The molecule has 0 aromatic heterocycles. The third-order valence-electron chi connectivity index (χ3n) is 1.56. The third kappa shape index (κ3) is 1.69. The molecule has 0 fully saturated rings. The van der Waals surface area contributed by atoms with Crippen molar-refractivity contribution in [3.63, 3.8) is 0 Å². The van der Waals surface area contributed by atoms with E-state index in [1.54, 1.807) is 0 Å². The van der Waals surface area contributed by atoms with Gasteiger partial charge >= 0.3 is 0 Å². The van der Waals surface area contributed by atoms with Gasteiger partial charge in [0.25, 0.3) is 8.41 Å². The summed E-state index contributed by atoms with van der Waals surface area (Å²) in [5.41, 5.74) is 0. The Morgan fingerprint density at radius 3 is 1.75 bits per heavy atom. The van der Waals surface area contributed by atoms with Gasteiger partial charge in [-0.05, 0) is 25.2 Å². The highest BCUT2D eigenvalue weighted by Crippen LogP contribution is 2.10. The maximum Gasteiger partial charge on any atom is 0.277 e. The van der Waals surface area contributed by atoms with E-state index in [0.29, 0.717) is 0 Å². The molecule has 0 N–H and O–H groups in total. The Kier molecular flexibility index (Phi) is 2.28. The molecule has 0 nitrogen and oxygen atoms in total. The van der Waals surface area contributed by atoms with Gasteiger partial charge in [-0.25, -0.2) is 8.78 Å². The zero-order valence-corrected chi connectivity index (χ0v) is 7.87. The first-order chi connectivity index (χ1) is 5.43. The van der Waals surface area contributed by atoms with Crippen LogP contribution in [0.2, 0.25) is 13.1 Å². The molecule has 1 aromatic rings. The smallest absolute Gasteiger partial charge is 0.277 e. The van der Waals surface area contributed by atoms with Crippen molar-refractivity contribution in [2.24, 2.45) is 0 Å². The summed E-state index contributed by atoms with van der Waals surface area (Å²) in [6.45, 7) is 2.52. The minimum atomic E-state index is -3.37. The Morgan fingerprint density at radius 2 is 1.50 bits per heavy atom. The predicted octanol–water partition coefficient (Wildman–Crippen LogP) is 2.35. The highest BCUT2D eigenvalue weighted by molar-refractivity contribution is 6.83. The molecule has 4 heteroatoms. The molecule has 0 bridgehead atoms. The molecule has 0 spiro atoms. The quantitative estimate of drug-likeness (QED) is 0.471. The molecule has 0 unspecified atom stereocenters. The molecule has 12 heavy (non-hydrogen) atoms. The van der Waals surface area contributed by atoms with Crippen molar-refractivity contribution in [1.29, 1.82) is 0 Å². The highest BCUT2D eigenvalue weighted by atomic mass is 28.4. The first kappa shape index (κ1) is 9.32. The maximum atomic E-state index is 13.3. The van der Waals surface area contributed by atoms with Gasteiger partial charge in [-0.15, -0.1) is 0 Å². The Balaban J connectivity index is 3.31. The van der Waals surface area contributed by atoms with Crippen LogP contribution in [0.4, 0.5) is 12.9 Å². The standard InChI is InChI=1S/C8H9F3Si/c1-12(2,11)8-6(9)4-3-5-7(8)10/h3-5H,1-2H3. The monoisotopic (exact) mass is 190 g/mol. The van der Waals surface area contributed by atoms with Crippen LogP contribution < -0.4 is 5.19 Å². The lowest BCUT2D eigenvalue weighted by molar-refractivity contribution is 0.591. The Bertz CT molecular complexity index is 271. The minimum absolute atomic E-state index is 0.370. The normalized spacial score (nSPS) is 11.8. The fraction of sp³-hybridized carbons (Fsp3) is 0.250. The summed E-state index contributed by atoms with van der Waals surface area (Å²) in [4.78, 5) is 0. The summed E-state index contributed by atoms with van der Waals surface area (Å²) in [5, 5.41) is -0.370. The fourth-order valence-electron chi connectivity index (χ4n) is 1.07. The van der Waals surface area contributed by atoms with Gasteiger partial charge in [0.1, 0.15) is 11.6 Å². The van der Waals surface area contributed by atoms with Crippen LogP contribution in [-0.2, 0) is 0 Å². The molecule has 0 amide bonds. The third-order valence-corrected chi connectivity index (χ3v) is 3.22. The van der Waals surface area contributed by atoms with E-state index in [1.165, 1.54) is 19.2 Å². The topological polar surface area (TPSA) is 0 Å². The number of hydrogen-bond donors (Lipinski definition) is 0. The van der Waals surface area contributed by atoms with Gasteiger partial charge in [-0.1, -0.05) is 6.07 Å². The van der Waals surface area contributed by atoms with Crippen LogP contribution in [0, 0.1) is 11.6 Å². The number of rotatable bonds is 1. The molecule has 66 valence electrons. The van der Waals surface area contributed by atoms with Crippen molar-refractivity contribution in [2.75, 3.05) is 0 Å². The summed E-state index contributed by atoms with van der Waals surface area (Å²) in [6.07, 6.45) is 0. The number of halogens is 3. The van der Waals surface area contributed by atoms with Crippen molar-refractivity contribution in [3.8, 4) is 0 Å². The molecular formula is C8H9F3Si. The highest BCUT2D eigenvalue weighted by Gasteiger charge is 2.30. The van der Waals surface area contributed by atoms with Crippen molar-refractivity contribution in [3.05, 3.63) is 29.8 Å². The summed E-state index contributed by atoms with van der Waals surface area (Å²) in [6, 6.07) is 3.38. The zero-order chi connectivity index (χ0) is 9.35. The number of benzene rings is 1. The summed E-state index contributed by atoms with van der Waals surface area (Å²) < 4.78 is 39.1. The molecule has 0 aliphatic heterocycles. The second-order valence-electron chi connectivity index (χ2n) is 3.07. The average Bonchev–Trinajstić information content (AvgIpc) is 1.82. The molecule has 0 aliphatic carbocycles. The number of hydrogen-bond acceptors (Lipinski definition) is 0. The Hall–Kier alpha value is -0.773. The van der Waals surface area contributed by atoms with Crippen LogP contribution >= 0.6 is 0 Å². The van der Waals surface area contributed by atoms with E-state index < -0.39 is 20.0 Å². The van der Waals surface area contributed by atoms with Crippen LogP contribution in [-0.4, -0.2) is 8.41 Å². The largest absolute Gasteiger partial charge is 0.308 e. The van der Waals surface area contributed by atoms with Crippen molar-refractivity contribution in [2.45, 2.75) is 13.1 Å².